The molecule has 0 spiro atoms. The smallest absolute Gasteiger partial charge is 0.124 e. The third-order valence-corrected chi connectivity index (χ3v) is 5.95. The Morgan fingerprint density at radius 3 is 1.72 bits per heavy atom. The monoisotopic (exact) mass is 429 g/mol. The van der Waals surface area contributed by atoms with Crippen molar-refractivity contribution < 1.29 is 22.6 Å². The number of aryl methyl sites for hydroxylation is 1. The minimum Gasteiger partial charge on any atom is -0.744 e. The molecule has 1 aromatic rings. The zero-order valence-electron chi connectivity index (χ0n) is 19.0. The summed E-state index contributed by atoms with van der Waals surface area (Å²) in [6.45, 7) is 6.79. The molecule has 0 amide bonds. The van der Waals surface area contributed by atoms with Crippen molar-refractivity contribution in [1.29, 1.82) is 0 Å². The number of aliphatic hydroxyl groups excluding tert-OH is 1. The average molecular weight is 430 g/mol. The maximum Gasteiger partial charge on any atom is 0.124 e. The summed E-state index contributed by atoms with van der Waals surface area (Å²) in [5, 5.41) is 8.85. The van der Waals surface area contributed by atoms with E-state index in [9.17, 15) is 13.0 Å². The van der Waals surface area contributed by atoms with Crippen LogP contribution in [-0.2, 0) is 10.1 Å². The van der Waals surface area contributed by atoms with Gasteiger partial charge in [-0.25, -0.2) is 8.42 Å². The molecule has 0 radical (unpaired) electrons. The fourth-order valence-electron chi connectivity index (χ4n) is 3.17. The molecule has 1 aromatic carbocycles. The van der Waals surface area contributed by atoms with Crippen molar-refractivity contribution in [3.63, 3.8) is 0 Å². The van der Waals surface area contributed by atoms with Gasteiger partial charge in [0.2, 0.25) is 0 Å². The topological polar surface area (TPSA) is 77.4 Å². The van der Waals surface area contributed by atoms with Crippen molar-refractivity contribution in [2.75, 3.05) is 33.8 Å². The predicted molar refractivity (Wildman–Crippen MR) is 120 cm³/mol. The highest BCUT2D eigenvalue weighted by molar-refractivity contribution is 7.85. The fourth-order valence-corrected chi connectivity index (χ4v) is 3.64. The molecule has 0 saturated carbocycles. The lowest BCUT2D eigenvalue weighted by Crippen LogP contribution is -2.41. The molecular weight excluding hydrogens is 386 g/mol. The van der Waals surface area contributed by atoms with Crippen LogP contribution in [-0.4, -0.2) is 56.4 Å². The number of nitrogens with zero attached hydrogens (tertiary/aromatic N) is 1. The molecule has 1 rings (SSSR count). The third kappa shape index (κ3) is 16.5. The van der Waals surface area contributed by atoms with E-state index in [4.69, 9.17) is 5.11 Å². The van der Waals surface area contributed by atoms with Crippen LogP contribution in [0.4, 0.5) is 0 Å². The molecule has 0 fully saturated rings. The van der Waals surface area contributed by atoms with Crippen molar-refractivity contribution in [1.82, 2.24) is 0 Å². The molecule has 0 bridgehead atoms. The van der Waals surface area contributed by atoms with E-state index < -0.39 is 10.1 Å². The largest absolute Gasteiger partial charge is 0.744 e. The van der Waals surface area contributed by atoms with Gasteiger partial charge in [0.05, 0.1) is 32.1 Å². The van der Waals surface area contributed by atoms with Gasteiger partial charge in [-0.2, -0.15) is 0 Å². The molecule has 0 aliphatic carbocycles. The van der Waals surface area contributed by atoms with Gasteiger partial charge in [0.1, 0.15) is 10.1 Å². The van der Waals surface area contributed by atoms with Gasteiger partial charge in [-0.15, -0.1) is 0 Å². The number of benzene rings is 1. The molecule has 0 atom stereocenters. The van der Waals surface area contributed by atoms with Crippen LogP contribution in [0.5, 0.6) is 0 Å². The molecule has 5 nitrogen and oxygen atoms in total. The van der Waals surface area contributed by atoms with E-state index in [0.717, 1.165) is 23.0 Å². The van der Waals surface area contributed by atoms with Crippen LogP contribution in [0.15, 0.2) is 29.2 Å². The van der Waals surface area contributed by atoms with Gasteiger partial charge in [-0.3, -0.25) is 0 Å². The number of unbranched alkanes of at least 4 members (excludes halogenated alkanes) is 8. The quantitative estimate of drug-likeness (QED) is 0.260. The highest BCUT2D eigenvalue weighted by atomic mass is 32.2. The Bertz CT molecular complexity index is 612. The summed E-state index contributed by atoms with van der Waals surface area (Å²) in [5.74, 6) is 0. The molecular formula is C23H43NO4S. The van der Waals surface area contributed by atoms with Crippen LogP contribution < -0.4 is 0 Å². The van der Waals surface area contributed by atoms with E-state index in [2.05, 4.69) is 21.0 Å². The zero-order chi connectivity index (χ0) is 22.2. The molecule has 0 heterocycles. The lowest BCUT2D eigenvalue weighted by Gasteiger charge is -2.29. The molecule has 0 aromatic heterocycles. The number of aliphatic hydroxyl groups is 1. The van der Waals surface area contributed by atoms with E-state index in [-0.39, 0.29) is 4.90 Å². The van der Waals surface area contributed by atoms with Crippen molar-refractivity contribution in [3.8, 4) is 0 Å². The lowest BCUT2D eigenvalue weighted by atomic mass is 10.1. The first-order valence-corrected chi connectivity index (χ1v) is 12.5. The molecule has 0 aliphatic rings. The van der Waals surface area contributed by atoms with Gasteiger partial charge in [-0.05, 0) is 31.9 Å². The Balaban J connectivity index is 0.000000604. The minimum absolute atomic E-state index is 0.178. The van der Waals surface area contributed by atoms with Crippen molar-refractivity contribution in [2.24, 2.45) is 0 Å². The van der Waals surface area contributed by atoms with Crippen molar-refractivity contribution >= 4 is 10.1 Å². The minimum atomic E-state index is -4.27. The first-order chi connectivity index (χ1) is 13.6. The number of hydrogen-bond acceptors (Lipinski definition) is 4. The lowest BCUT2D eigenvalue weighted by molar-refractivity contribution is -0.890. The normalized spacial score (nSPS) is 11.8. The predicted octanol–water partition coefficient (Wildman–Crippen LogP) is 4.88. The van der Waals surface area contributed by atoms with Crippen LogP contribution in [0.25, 0.3) is 0 Å². The Labute approximate surface area is 179 Å². The first-order valence-electron chi connectivity index (χ1n) is 11.1. The summed E-state index contributed by atoms with van der Waals surface area (Å²) in [7, 11) is 0.287. The van der Waals surface area contributed by atoms with E-state index in [0.29, 0.717) is 6.61 Å². The van der Waals surface area contributed by atoms with Crippen molar-refractivity contribution in [3.05, 3.63) is 29.8 Å². The van der Waals surface area contributed by atoms with Crippen LogP contribution >= 0.6 is 0 Å². The molecule has 0 aliphatic heterocycles. The van der Waals surface area contributed by atoms with Gasteiger partial charge in [-0.1, -0.05) is 69.6 Å². The second kappa shape index (κ2) is 15.8. The van der Waals surface area contributed by atoms with Gasteiger partial charge < -0.3 is 14.1 Å². The second-order valence-corrected chi connectivity index (χ2v) is 9.94. The number of rotatable bonds is 14. The third-order valence-electron chi connectivity index (χ3n) is 5.10. The van der Waals surface area contributed by atoms with E-state index in [1.165, 1.54) is 76.5 Å². The maximum atomic E-state index is 10.4. The summed E-state index contributed by atoms with van der Waals surface area (Å²) in [6.07, 6.45) is 13.6. The van der Waals surface area contributed by atoms with E-state index in [1.807, 2.05) is 6.92 Å². The van der Waals surface area contributed by atoms with Crippen LogP contribution in [0, 0.1) is 6.92 Å². The molecule has 0 saturated heterocycles. The summed E-state index contributed by atoms with van der Waals surface area (Å²) in [6, 6.07) is 5.78. The number of hydrogen-bond donors (Lipinski definition) is 1. The summed E-state index contributed by atoms with van der Waals surface area (Å²) in [4.78, 5) is -0.178. The Morgan fingerprint density at radius 2 is 1.28 bits per heavy atom. The SMILES string of the molecule is CCCCCCCCCCC[N+](C)(C)CCCO.Cc1ccc(S(=O)(=O)[O-])cc1. The Hall–Kier alpha value is -0.950. The Morgan fingerprint density at radius 1 is 0.828 bits per heavy atom. The van der Waals surface area contributed by atoms with Gasteiger partial charge >= 0.3 is 0 Å². The summed E-state index contributed by atoms with van der Waals surface area (Å²) in [5.41, 5.74) is 0.928. The van der Waals surface area contributed by atoms with Gasteiger partial charge in [0.15, 0.2) is 0 Å². The molecule has 1 N–H and O–H groups in total. The molecule has 0 unspecified atom stereocenters. The zero-order valence-corrected chi connectivity index (χ0v) is 19.8. The maximum absolute atomic E-state index is 10.4. The second-order valence-electron chi connectivity index (χ2n) is 8.56. The summed E-state index contributed by atoms with van der Waals surface area (Å²) >= 11 is 0. The van der Waals surface area contributed by atoms with Crippen molar-refractivity contribution in [2.45, 2.75) is 83.0 Å². The summed E-state index contributed by atoms with van der Waals surface area (Å²) < 4.78 is 32.2. The van der Waals surface area contributed by atoms with E-state index >= 15 is 0 Å². The highest BCUT2D eigenvalue weighted by Gasteiger charge is 2.13. The van der Waals surface area contributed by atoms with Crippen LogP contribution in [0.2, 0.25) is 0 Å². The Kier molecular flexibility index (Phi) is 15.3. The van der Waals surface area contributed by atoms with Crippen LogP contribution in [0.1, 0.15) is 76.7 Å². The average Bonchev–Trinajstić information content (AvgIpc) is 2.65. The molecule has 6 heteroatoms. The standard InChI is InChI=1S/C16H36NO.C7H8O3S/c1-4-5-6-7-8-9-10-11-12-14-17(2,3)15-13-16-18;1-6-2-4-7(5-3-6)11(8,9)10/h18H,4-16H2,1-3H3;2-5H,1H3,(H,8,9,10)/q+1;/p-1. The first kappa shape index (κ1) is 28.1. The van der Waals surface area contributed by atoms with Gasteiger partial charge in [0, 0.05) is 13.0 Å². The number of quaternary nitrogens is 1. The molecule has 170 valence electrons. The highest BCUT2D eigenvalue weighted by Crippen LogP contribution is 2.11. The fraction of sp³-hybridized carbons (Fsp3) is 0.739. The van der Waals surface area contributed by atoms with Gasteiger partial charge in [0.25, 0.3) is 0 Å². The molecule has 29 heavy (non-hydrogen) atoms. The van der Waals surface area contributed by atoms with Crippen LogP contribution in [0.3, 0.4) is 0 Å². The van der Waals surface area contributed by atoms with E-state index in [1.54, 1.807) is 12.1 Å².